The Bertz CT molecular complexity index is 459. The van der Waals surface area contributed by atoms with Gasteiger partial charge in [0.05, 0.1) is 0 Å². The number of ether oxygens (including phenoxy) is 1. The van der Waals surface area contributed by atoms with Gasteiger partial charge >= 0.3 is 5.97 Å². The molecule has 1 N–H and O–H groups in total. The second-order valence-corrected chi connectivity index (χ2v) is 4.31. The lowest BCUT2D eigenvalue weighted by Gasteiger charge is -2.21. The first kappa shape index (κ1) is 15.0. The van der Waals surface area contributed by atoms with Crippen LogP contribution >= 0.6 is 0 Å². The van der Waals surface area contributed by atoms with Crippen LogP contribution in [0.25, 0.3) is 0 Å². The molecule has 5 heteroatoms. The lowest BCUT2D eigenvalue weighted by molar-refractivity contribution is -0.148. The summed E-state index contributed by atoms with van der Waals surface area (Å²) in [6.45, 7) is 3.33. The number of nitrogens with zero attached hydrogens (tertiary/aromatic N) is 1. The Hall–Kier alpha value is -2.04. The number of aliphatic carboxylic acids is 1. The van der Waals surface area contributed by atoms with E-state index in [0.29, 0.717) is 5.75 Å². The number of carbonyl (C=O) groups excluding carboxylic acids is 1. The van der Waals surface area contributed by atoms with Crippen molar-refractivity contribution in [3.05, 3.63) is 29.8 Å². The minimum absolute atomic E-state index is 0.165. The van der Waals surface area contributed by atoms with E-state index in [0.717, 1.165) is 16.9 Å². The second kappa shape index (κ2) is 6.78. The molecule has 104 valence electrons. The minimum atomic E-state index is -1.04. The molecule has 0 fully saturated rings. The van der Waals surface area contributed by atoms with Crippen LogP contribution in [0.15, 0.2) is 24.3 Å². The van der Waals surface area contributed by atoms with E-state index in [1.807, 2.05) is 25.1 Å². The molecule has 1 unspecified atom stereocenters. The van der Waals surface area contributed by atoms with E-state index in [2.05, 4.69) is 0 Å². The van der Waals surface area contributed by atoms with Crippen molar-refractivity contribution in [2.45, 2.75) is 26.3 Å². The summed E-state index contributed by atoms with van der Waals surface area (Å²) < 4.78 is 5.38. The zero-order valence-electron chi connectivity index (χ0n) is 11.4. The molecule has 0 saturated carbocycles. The molecule has 0 spiro atoms. The first-order chi connectivity index (χ1) is 8.95. The van der Waals surface area contributed by atoms with Crippen molar-refractivity contribution in [3.63, 3.8) is 0 Å². The van der Waals surface area contributed by atoms with Gasteiger partial charge in [-0.25, -0.2) is 4.79 Å². The van der Waals surface area contributed by atoms with Crippen LogP contribution in [0.4, 0.5) is 0 Å². The summed E-state index contributed by atoms with van der Waals surface area (Å²) >= 11 is 0. The third kappa shape index (κ3) is 4.28. The number of carboxylic acids is 1. The highest BCUT2D eigenvalue weighted by molar-refractivity contribution is 5.84. The number of benzene rings is 1. The number of amides is 1. The molecule has 1 atom stereocenters. The van der Waals surface area contributed by atoms with Gasteiger partial charge in [-0.15, -0.1) is 0 Å². The van der Waals surface area contributed by atoms with Crippen LogP contribution in [0.3, 0.4) is 0 Å². The fraction of sp³-hybridized carbons (Fsp3) is 0.429. The Morgan fingerprint density at radius 2 is 2.11 bits per heavy atom. The number of carbonyl (C=O) groups is 2. The third-order valence-corrected chi connectivity index (χ3v) is 3.00. The smallest absolute Gasteiger partial charge is 0.326 e. The molecule has 0 bridgehead atoms. The van der Waals surface area contributed by atoms with E-state index >= 15 is 0 Å². The van der Waals surface area contributed by atoms with Gasteiger partial charge in [-0.2, -0.15) is 0 Å². The highest BCUT2D eigenvalue weighted by Crippen LogP contribution is 2.13. The summed E-state index contributed by atoms with van der Waals surface area (Å²) in [5, 5.41) is 8.82. The van der Waals surface area contributed by atoms with Crippen LogP contribution in [-0.2, 0) is 16.0 Å². The number of aryl methyl sites for hydroxylation is 1. The Balaban J connectivity index is 2.56. The Morgan fingerprint density at radius 3 is 2.68 bits per heavy atom. The van der Waals surface area contributed by atoms with Crippen molar-refractivity contribution in [1.29, 1.82) is 0 Å². The van der Waals surface area contributed by atoms with Crippen LogP contribution in [0.5, 0.6) is 5.75 Å². The predicted molar refractivity (Wildman–Crippen MR) is 71.2 cm³/mol. The predicted octanol–water partition coefficient (Wildman–Crippen LogP) is 1.56. The molecule has 19 heavy (non-hydrogen) atoms. The number of carboxylic acid groups (broad SMARTS) is 1. The second-order valence-electron chi connectivity index (χ2n) is 4.31. The average molecular weight is 265 g/mol. The van der Waals surface area contributed by atoms with Crippen molar-refractivity contribution >= 4 is 11.9 Å². The molecule has 0 heterocycles. The molecule has 0 aliphatic rings. The van der Waals surface area contributed by atoms with Crippen molar-refractivity contribution in [1.82, 2.24) is 4.90 Å². The topological polar surface area (TPSA) is 66.8 Å². The molecule has 0 aliphatic carbocycles. The lowest BCUT2D eigenvalue weighted by atomic mass is 10.2. The van der Waals surface area contributed by atoms with Crippen LogP contribution < -0.4 is 4.74 Å². The molecule has 0 saturated heterocycles. The highest BCUT2D eigenvalue weighted by Gasteiger charge is 2.21. The van der Waals surface area contributed by atoms with Gasteiger partial charge < -0.3 is 14.7 Å². The molecular weight excluding hydrogens is 246 g/mol. The number of hydrogen-bond donors (Lipinski definition) is 1. The quantitative estimate of drug-likeness (QED) is 0.847. The molecule has 1 aromatic rings. The number of rotatable bonds is 6. The van der Waals surface area contributed by atoms with Gasteiger partial charge in [-0.3, -0.25) is 4.79 Å². The molecular formula is C14H19NO4. The summed E-state index contributed by atoms with van der Waals surface area (Å²) in [4.78, 5) is 23.7. The molecule has 0 radical (unpaired) electrons. The first-order valence-electron chi connectivity index (χ1n) is 6.16. The van der Waals surface area contributed by atoms with Crippen LogP contribution in [-0.4, -0.2) is 41.6 Å². The SMILES string of the molecule is CCc1cccc(OCC(=O)N(C)C(C)C(=O)O)c1. The summed E-state index contributed by atoms with van der Waals surface area (Å²) in [5.41, 5.74) is 1.12. The summed E-state index contributed by atoms with van der Waals surface area (Å²) in [6.07, 6.45) is 0.890. The van der Waals surface area contributed by atoms with Gasteiger partial charge in [0.25, 0.3) is 5.91 Å². The first-order valence-corrected chi connectivity index (χ1v) is 6.16. The zero-order chi connectivity index (χ0) is 14.4. The maximum Gasteiger partial charge on any atom is 0.326 e. The van der Waals surface area contributed by atoms with E-state index < -0.39 is 12.0 Å². The molecule has 0 aromatic heterocycles. The Labute approximate surface area is 112 Å². The van der Waals surface area contributed by atoms with Gasteiger partial charge in [-0.05, 0) is 31.0 Å². The van der Waals surface area contributed by atoms with Gasteiger partial charge in [0.1, 0.15) is 11.8 Å². The monoisotopic (exact) mass is 265 g/mol. The van der Waals surface area contributed by atoms with E-state index in [1.54, 1.807) is 6.07 Å². The number of likely N-dealkylation sites (N-methyl/N-ethyl adjacent to an activating group) is 1. The molecule has 1 rings (SSSR count). The summed E-state index contributed by atoms with van der Waals surface area (Å²) in [6, 6.07) is 6.62. The Kier molecular flexibility index (Phi) is 5.36. The lowest BCUT2D eigenvalue weighted by Crippen LogP contribution is -2.42. The zero-order valence-corrected chi connectivity index (χ0v) is 11.4. The third-order valence-electron chi connectivity index (χ3n) is 3.00. The fourth-order valence-corrected chi connectivity index (χ4v) is 1.48. The standard InChI is InChI=1S/C14H19NO4/c1-4-11-6-5-7-12(8-11)19-9-13(16)15(3)10(2)14(17)18/h5-8,10H,4,9H2,1-3H3,(H,17,18). The van der Waals surface area contributed by atoms with Gasteiger partial charge in [0.15, 0.2) is 6.61 Å². The maximum atomic E-state index is 11.8. The van der Waals surface area contributed by atoms with Crippen LogP contribution in [0.1, 0.15) is 19.4 Å². The van der Waals surface area contributed by atoms with E-state index in [9.17, 15) is 9.59 Å². The van der Waals surface area contributed by atoms with E-state index in [4.69, 9.17) is 9.84 Å². The van der Waals surface area contributed by atoms with Gasteiger partial charge in [-0.1, -0.05) is 19.1 Å². The average Bonchev–Trinajstić information content (AvgIpc) is 2.43. The minimum Gasteiger partial charge on any atom is -0.484 e. The van der Waals surface area contributed by atoms with Gasteiger partial charge in [0.2, 0.25) is 0 Å². The fourth-order valence-electron chi connectivity index (χ4n) is 1.48. The largest absolute Gasteiger partial charge is 0.484 e. The van der Waals surface area contributed by atoms with Crippen LogP contribution in [0.2, 0.25) is 0 Å². The summed E-state index contributed by atoms with van der Waals surface area (Å²) in [7, 11) is 1.45. The normalized spacial score (nSPS) is 11.7. The molecule has 1 aromatic carbocycles. The van der Waals surface area contributed by atoms with Crippen molar-refractivity contribution in [2.24, 2.45) is 0 Å². The van der Waals surface area contributed by atoms with Gasteiger partial charge in [0, 0.05) is 7.05 Å². The highest BCUT2D eigenvalue weighted by atomic mass is 16.5. The van der Waals surface area contributed by atoms with Crippen molar-refractivity contribution in [3.8, 4) is 5.75 Å². The molecule has 5 nitrogen and oxygen atoms in total. The Morgan fingerprint density at radius 1 is 1.42 bits per heavy atom. The van der Waals surface area contributed by atoms with E-state index in [1.165, 1.54) is 14.0 Å². The molecule has 0 aliphatic heterocycles. The van der Waals surface area contributed by atoms with Crippen molar-refractivity contribution < 1.29 is 19.4 Å². The van der Waals surface area contributed by atoms with E-state index in [-0.39, 0.29) is 12.5 Å². The maximum absolute atomic E-state index is 11.8. The number of hydrogen-bond acceptors (Lipinski definition) is 3. The van der Waals surface area contributed by atoms with Crippen LogP contribution in [0, 0.1) is 0 Å². The van der Waals surface area contributed by atoms with Crippen molar-refractivity contribution in [2.75, 3.05) is 13.7 Å². The summed E-state index contributed by atoms with van der Waals surface area (Å²) in [5.74, 6) is -0.787. The molecule has 1 amide bonds.